The maximum Gasteiger partial charge on any atom is 0.227 e. The van der Waals surface area contributed by atoms with E-state index in [2.05, 4.69) is 23.5 Å². The number of aryl methyl sites for hydroxylation is 1. The number of hydrogen-bond acceptors (Lipinski definition) is 2. The van der Waals surface area contributed by atoms with Crippen LogP contribution in [-0.4, -0.2) is 26.0 Å². The lowest BCUT2D eigenvalue weighted by atomic mass is 9.87. The summed E-state index contributed by atoms with van der Waals surface area (Å²) in [4.78, 5) is 13.8. The van der Waals surface area contributed by atoms with Crippen LogP contribution in [0, 0.1) is 5.92 Å². The van der Waals surface area contributed by atoms with Gasteiger partial charge in [-0.15, -0.1) is 0 Å². The Hall–Kier alpha value is -1.35. The fraction of sp³-hybridized carbons (Fsp3) is 0.562. The van der Waals surface area contributed by atoms with Crippen molar-refractivity contribution in [3.05, 3.63) is 29.3 Å². The molecule has 1 aromatic carbocycles. The van der Waals surface area contributed by atoms with Crippen molar-refractivity contribution in [2.24, 2.45) is 5.92 Å². The van der Waals surface area contributed by atoms with Crippen LogP contribution in [0.4, 0.5) is 5.69 Å². The van der Waals surface area contributed by atoms with Gasteiger partial charge in [-0.2, -0.15) is 0 Å². The third-order valence-corrected chi connectivity index (χ3v) is 4.49. The van der Waals surface area contributed by atoms with E-state index in [1.165, 1.54) is 29.7 Å². The van der Waals surface area contributed by atoms with E-state index >= 15 is 0 Å². The van der Waals surface area contributed by atoms with Gasteiger partial charge in [0.1, 0.15) is 0 Å². The second kappa shape index (κ2) is 5.33. The van der Waals surface area contributed by atoms with Gasteiger partial charge >= 0.3 is 0 Å². The summed E-state index contributed by atoms with van der Waals surface area (Å²) < 4.78 is 0. The summed E-state index contributed by atoms with van der Waals surface area (Å²) in [5.74, 6) is 1.02. The lowest BCUT2D eigenvalue weighted by molar-refractivity contribution is -0.118. The standard InChI is InChI=1S/C16H22N2O/c1-18-15(19)6-5-13-3-2-4-14(16(13)18)11-12-7-9-17-10-8-12/h2-4,12,17H,5-11H2,1H3. The Kier molecular flexibility index (Phi) is 3.56. The smallest absolute Gasteiger partial charge is 0.227 e. The number of piperidine rings is 1. The summed E-state index contributed by atoms with van der Waals surface area (Å²) in [5.41, 5.74) is 3.89. The molecule has 19 heavy (non-hydrogen) atoms. The minimum Gasteiger partial charge on any atom is -0.317 e. The predicted molar refractivity (Wildman–Crippen MR) is 77.5 cm³/mol. The fourth-order valence-corrected chi connectivity index (χ4v) is 3.37. The summed E-state index contributed by atoms with van der Waals surface area (Å²) in [5, 5.41) is 3.41. The highest BCUT2D eigenvalue weighted by atomic mass is 16.2. The second-order valence-electron chi connectivity index (χ2n) is 5.78. The molecule has 1 fully saturated rings. The van der Waals surface area contributed by atoms with Crippen molar-refractivity contribution in [2.75, 3.05) is 25.0 Å². The van der Waals surface area contributed by atoms with Gasteiger partial charge in [-0.1, -0.05) is 18.2 Å². The Bertz CT molecular complexity index is 478. The van der Waals surface area contributed by atoms with Crippen molar-refractivity contribution >= 4 is 11.6 Å². The van der Waals surface area contributed by atoms with Crippen molar-refractivity contribution in [3.8, 4) is 0 Å². The zero-order valence-corrected chi connectivity index (χ0v) is 11.6. The SMILES string of the molecule is CN1C(=O)CCc2cccc(CC3CCNCC3)c21. The van der Waals surface area contributed by atoms with E-state index in [1.54, 1.807) is 0 Å². The van der Waals surface area contributed by atoms with E-state index in [0.717, 1.165) is 31.8 Å². The third-order valence-electron chi connectivity index (χ3n) is 4.49. The third kappa shape index (κ3) is 2.52. The minimum absolute atomic E-state index is 0.255. The molecule has 2 aliphatic rings. The number of carbonyl (C=O) groups is 1. The fourth-order valence-electron chi connectivity index (χ4n) is 3.37. The predicted octanol–water partition coefficient (Wildman–Crippen LogP) is 2.14. The van der Waals surface area contributed by atoms with Crippen LogP contribution in [0.1, 0.15) is 30.4 Å². The van der Waals surface area contributed by atoms with Gasteiger partial charge < -0.3 is 10.2 Å². The highest BCUT2D eigenvalue weighted by Gasteiger charge is 2.24. The Morgan fingerprint density at radius 2 is 2.05 bits per heavy atom. The quantitative estimate of drug-likeness (QED) is 0.881. The van der Waals surface area contributed by atoms with E-state index in [0.29, 0.717) is 6.42 Å². The van der Waals surface area contributed by atoms with Crippen LogP contribution in [0.15, 0.2) is 18.2 Å². The van der Waals surface area contributed by atoms with Gasteiger partial charge in [-0.25, -0.2) is 0 Å². The number of rotatable bonds is 2. The van der Waals surface area contributed by atoms with E-state index in [1.807, 2.05) is 11.9 Å². The number of carbonyl (C=O) groups excluding carboxylic acids is 1. The molecule has 102 valence electrons. The summed E-state index contributed by atoms with van der Waals surface area (Å²) in [7, 11) is 1.92. The van der Waals surface area contributed by atoms with E-state index in [9.17, 15) is 4.79 Å². The van der Waals surface area contributed by atoms with E-state index in [4.69, 9.17) is 0 Å². The van der Waals surface area contributed by atoms with Gasteiger partial charge in [0.05, 0.1) is 0 Å². The van der Waals surface area contributed by atoms with Crippen LogP contribution < -0.4 is 10.2 Å². The number of nitrogens with zero attached hydrogens (tertiary/aromatic N) is 1. The van der Waals surface area contributed by atoms with Gasteiger partial charge in [0.25, 0.3) is 0 Å². The molecule has 1 amide bonds. The van der Waals surface area contributed by atoms with Crippen molar-refractivity contribution in [2.45, 2.75) is 32.1 Å². The molecule has 0 radical (unpaired) electrons. The zero-order chi connectivity index (χ0) is 13.2. The molecule has 1 N–H and O–H groups in total. The summed E-state index contributed by atoms with van der Waals surface area (Å²) in [6, 6.07) is 6.53. The summed E-state index contributed by atoms with van der Waals surface area (Å²) in [6.07, 6.45) is 5.17. The lowest BCUT2D eigenvalue weighted by Gasteiger charge is -2.30. The molecule has 0 saturated carbocycles. The Labute approximate surface area is 115 Å². The van der Waals surface area contributed by atoms with Crippen LogP contribution in [-0.2, 0) is 17.6 Å². The second-order valence-corrected chi connectivity index (χ2v) is 5.78. The topological polar surface area (TPSA) is 32.3 Å². The Morgan fingerprint density at radius 3 is 2.84 bits per heavy atom. The number of fused-ring (bicyclic) bond motifs is 1. The summed E-state index contributed by atoms with van der Waals surface area (Å²) in [6.45, 7) is 2.27. The van der Waals surface area contributed by atoms with Crippen molar-refractivity contribution in [3.63, 3.8) is 0 Å². The minimum atomic E-state index is 0.255. The number of amides is 1. The first kappa shape index (κ1) is 12.7. The first-order valence-electron chi connectivity index (χ1n) is 7.34. The zero-order valence-electron chi connectivity index (χ0n) is 11.6. The molecule has 0 bridgehead atoms. The van der Waals surface area contributed by atoms with Crippen LogP contribution in [0.25, 0.3) is 0 Å². The molecule has 0 aromatic heterocycles. The average molecular weight is 258 g/mol. The van der Waals surface area contributed by atoms with E-state index in [-0.39, 0.29) is 5.91 Å². The number of benzene rings is 1. The van der Waals surface area contributed by atoms with Crippen LogP contribution >= 0.6 is 0 Å². The molecule has 3 heteroatoms. The van der Waals surface area contributed by atoms with Gasteiger partial charge in [0.15, 0.2) is 0 Å². The molecular formula is C16H22N2O. The number of anilines is 1. The first-order chi connectivity index (χ1) is 9.25. The average Bonchev–Trinajstić information content (AvgIpc) is 2.44. The largest absolute Gasteiger partial charge is 0.317 e. The number of hydrogen-bond donors (Lipinski definition) is 1. The highest BCUT2D eigenvalue weighted by molar-refractivity contribution is 5.96. The maximum absolute atomic E-state index is 11.9. The van der Waals surface area contributed by atoms with Crippen LogP contribution in [0.5, 0.6) is 0 Å². The number of para-hydroxylation sites is 1. The summed E-state index contributed by atoms with van der Waals surface area (Å²) >= 11 is 0. The highest BCUT2D eigenvalue weighted by Crippen LogP contribution is 2.33. The molecule has 0 aliphatic carbocycles. The molecule has 3 nitrogen and oxygen atoms in total. The molecule has 0 unspecified atom stereocenters. The van der Waals surface area contributed by atoms with Crippen LogP contribution in [0.2, 0.25) is 0 Å². The van der Waals surface area contributed by atoms with Crippen molar-refractivity contribution in [1.82, 2.24) is 5.32 Å². The van der Waals surface area contributed by atoms with E-state index < -0.39 is 0 Å². The molecule has 2 heterocycles. The van der Waals surface area contributed by atoms with Gasteiger partial charge in [0.2, 0.25) is 5.91 Å². The molecule has 0 spiro atoms. The monoisotopic (exact) mass is 258 g/mol. The van der Waals surface area contributed by atoms with Crippen molar-refractivity contribution < 1.29 is 4.79 Å². The lowest BCUT2D eigenvalue weighted by Crippen LogP contribution is -2.33. The first-order valence-corrected chi connectivity index (χ1v) is 7.34. The van der Waals surface area contributed by atoms with Gasteiger partial charge in [0, 0.05) is 19.2 Å². The van der Waals surface area contributed by atoms with Gasteiger partial charge in [-0.3, -0.25) is 4.79 Å². The number of nitrogens with one attached hydrogen (secondary N) is 1. The molecule has 3 rings (SSSR count). The molecular weight excluding hydrogens is 236 g/mol. The molecule has 2 aliphatic heterocycles. The van der Waals surface area contributed by atoms with Crippen LogP contribution in [0.3, 0.4) is 0 Å². The normalized spacial score (nSPS) is 20.5. The van der Waals surface area contributed by atoms with Gasteiger partial charge in [-0.05, 0) is 55.8 Å². The maximum atomic E-state index is 11.9. The molecule has 0 atom stereocenters. The van der Waals surface area contributed by atoms with Crippen molar-refractivity contribution in [1.29, 1.82) is 0 Å². The Balaban J connectivity index is 1.87. The Morgan fingerprint density at radius 1 is 1.26 bits per heavy atom. The molecule has 1 saturated heterocycles. The molecule has 1 aromatic rings.